The van der Waals surface area contributed by atoms with Gasteiger partial charge in [-0.3, -0.25) is 9.69 Å². The molecule has 1 amide bonds. The second kappa shape index (κ2) is 11.7. The highest BCUT2D eigenvalue weighted by atomic mass is 35.5. The number of hydrogen-bond donors (Lipinski definition) is 0. The Morgan fingerprint density at radius 1 is 1.10 bits per heavy atom. The molecule has 0 atom stereocenters. The Labute approximate surface area is 194 Å². The van der Waals surface area contributed by atoms with Gasteiger partial charge in [0.25, 0.3) is 0 Å². The van der Waals surface area contributed by atoms with Gasteiger partial charge in [-0.2, -0.15) is 0 Å². The van der Waals surface area contributed by atoms with E-state index in [-0.39, 0.29) is 18.3 Å². The Morgan fingerprint density at radius 3 is 2.53 bits per heavy atom. The summed E-state index contributed by atoms with van der Waals surface area (Å²) >= 11 is 3.42. The van der Waals surface area contributed by atoms with Crippen LogP contribution in [-0.2, 0) is 4.79 Å². The number of thioether (sulfide) groups is 1. The van der Waals surface area contributed by atoms with Crippen LogP contribution < -0.4 is 4.90 Å². The number of likely N-dealkylation sites (N-methyl/N-ethyl adjacent to an activating group) is 1. The van der Waals surface area contributed by atoms with Crippen LogP contribution in [0.25, 0.3) is 10.2 Å². The van der Waals surface area contributed by atoms with Crippen molar-refractivity contribution in [3.8, 4) is 0 Å². The Balaban J connectivity index is 0.00000320. The summed E-state index contributed by atoms with van der Waals surface area (Å²) in [6, 6.07) is 14.7. The van der Waals surface area contributed by atoms with Crippen LogP contribution in [0.4, 0.5) is 5.13 Å². The Kier molecular flexibility index (Phi) is 9.62. The molecule has 0 aliphatic heterocycles. The number of rotatable bonds is 9. The molecular weight excluding hydrogens is 434 g/mol. The molecular formula is C23H30ClN3OS2. The number of carbonyl (C=O) groups excluding carboxylic acids is 1. The number of anilines is 1. The Hall–Kier alpha value is -1.60. The van der Waals surface area contributed by atoms with Crippen molar-refractivity contribution < 1.29 is 4.79 Å². The average Bonchev–Trinajstić information content (AvgIpc) is 3.10. The molecule has 0 saturated heterocycles. The van der Waals surface area contributed by atoms with Crippen LogP contribution in [0.15, 0.2) is 47.4 Å². The summed E-state index contributed by atoms with van der Waals surface area (Å²) in [4.78, 5) is 23.1. The Bertz CT molecular complexity index is 960. The van der Waals surface area contributed by atoms with E-state index >= 15 is 0 Å². The molecule has 4 nitrogen and oxygen atoms in total. The molecule has 0 saturated carbocycles. The minimum atomic E-state index is 0. The van der Waals surface area contributed by atoms with E-state index in [2.05, 4.69) is 43.0 Å². The number of thiazole rings is 1. The lowest BCUT2D eigenvalue weighted by Gasteiger charge is -2.22. The zero-order valence-electron chi connectivity index (χ0n) is 18.1. The number of carbonyl (C=O) groups is 1. The van der Waals surface area contributed by atoms with Crippen molar-refractivity contribution in [1.82, 2.24) is 9.88 Å². The maximum absolute atomic E-state index is 13.1. The van der Waals surface area contributed by atoms with Crippen molar-refractivity contribution in [2.24, 2.45) is 0 Å². The molecule has 3 aromatic rings. The lowest BCUT2D eigenvalue weighted by atomic mass is 10.1. The number of fused-ring (bicyclic) bond motifs is 1. The zero-order chi connectivity index (χ0) is 20.8. The van der Waals surface area contributed by atoms with E-state index in [1.165, 1.54) is 16.0 Å². The zero-order valence-corrected chi connectivity index (χ0v) is 20.5. The van der Waals surface area contributed by atoms with Crippen molar-refractivity contribution >= 4 is 56.8 Å². The molecule has 3 rings (SSSR count). The third-order valence-electron chi connectivity index (χ3n) is 4.67. The fourth-order valence-corrected chi connectivity index (χ4v) is 5.23. The molecule has 162 valence electrons. The third-order valence-corrected chi connectivity index (χ3v) is 6.79. The molecule has 0 aliphatic rings. The molecule has 0 radical (unpaired) electrons. The van der Waals surface area contributed by atoms with Crippen molar-refractivity contribution in [3.05, 3.63) is 53.6 Å². The second-order valence-electron chi connectivity index (χ2n) is 7.54. The molecule has 0 bridgehead atoms. The van der Waals surface area contributed by atoms with E-state index in [1.807, 2.05) is 37.2 Å². The maximum atomic E-state index is 13.1. The Morgan fingerprint density at radius 2 is 1.83 bits per heavy atom. The topological polar surface area (TPSA) is 36.4 Å². The third kappa shape index (κ3) is 6.71. The molecule has 0 N–H and O–H groups in total. The molecule has 1 aromatic heterocycles. The number of benzene rings is 2. The first kappa shape index (κ1) is 24.7. The maximum Gasteiger partial charge on any atom is 0.228 e. The lowest BCUT2D eigenvalue weighted by Crippen LogP contribution is -2.36. The number of halogens is 1. The predicted octanol–water partition coefficient (Wildman–Crippen LogP) is 5.80. The first-order valence-electron chi connectivity index (χ1n) is 9.95. The van der Waals surface area contributed by atoms with Crippen LogP contribution in [0.3, 0.4) is 0 Å². The number of amides is 1. The molecule has 0 aliphatic carbocycles. The highest BCUT2D eigenvalue weighted by Gasteiger charge is 2.20. The molecule has 2 aromatic carbocycles. The number of nitrogens with zero attached hydrogens (tertiary/aromatic N) is 3. The summed E-state index contributed by atoms with van der Waals surface area (Å²) in [6.07, 6.45) is 1.40. The summed E-state index contributed by atoms with van der Waals surface area (Å²) in [5, 5.41) is 0.816. The van der Waals surface area contributed by atoms with Gasteiger partial charge in [-0.25, -0.2) is 4.98 Å². The van der Waals surface area contributed by atoms with E-state index in [0.29, 0.717) is 13.0 Å². The first-order valence-corrected chi connectivity index (χ1v) is 11.7. The highest BCUT2D eigenvalue weighted by molar-refractivity contribution is 7.99. The molecule has 0 spiro atoms. The quantitative estimate of drug-likeness (QED) is 0.296. The number of hydrogen-bond acceptors (Lipinski definition) is 5. The summed E-state index contributed by atoms with van der Waals surface area (Å²) in [5.41, 5.74) is 3.41. The van der Waals surface area contributed by atoms with Crippen LogP contribution in [0.1, 0.15) is 24.0 Å². The summed E-state index contributed by atoms with van der Waals surface area (Å²) < 4.78 is 1.15. The standard InChI is InChI=1S/C23H29N3OS2.ClH/c1-17-15-18(2)22-20(16-17)29-23(24-22)26(13-12-25(3)4)21(27)11-8-14-28-19-9-6-5-7-10-19;/h5-7,9-10,15-16H,8,11-14H2,1-4H3;1H. The van der Waals surface area contributed by atoms with E-state index in [0.717, 1.165) is 34.1 Å². The molecule has 0 unspecified atom stereocenters. The van der Waals surface area contributed by atoms with Crippen molar-refractivity contribution in [2.75, 3.05) is 37.8 Å². The van der Waals surface area contributed by atoms with Crippen LogP contribution >= 0.6 is 35.5 Å². The van der Waals surface area contributed by atoms with Gasteiger partial charge in [0.05, 0.1) is 10.2 Å². The SMILES string of the molecule is Cc1cc(C)c2nc(N(CCN(C)C)C(=O)CCCSc3ccccc3)sc2c1.Cl. The van der Waals surface area contributed by atoms with Gasteiger partial charge in [-0.15, -0.1) is 24.2 Å². The minimum Gasteiger partial charge on any atom is -0.308 e. The van der Waals surface area contributed by atoms with Gasteiger partial charge >= 0.3 is 0 Å². The number of aromatic nitrogens is 1. The highest BCUT2D eigenvalue weighted by Crippen LogP contribution is 2.32. The predicted molar refractivity (Wildman–Crippen MR) is 134 cm³/mol. The molecule has 1 heterocycles. The normalized spacial score (nSPS) is 11.0. The van der Waals surface area contributed by atoms with Crippen LogP contribution in [0, 0.1) is 13.8 Å². The van der Waals surface area contributed by atoms with Crippen LogP contribution in [0.5, 0.6) is 0 Å². The summed E-state index contributed by atoms with van der Waals surface area (Å²) in [5.74, 6) is 1.10. The van der Waals surface area contributed by atoms with E-state index in [1.54, 1.807) is 23.1 Å². The van der Waals surface area contributed by atoms with Crippen LogP contribution in [-0.4, -0.2) is 48.7 Å². The van der Waals surface area contributed by atoms with Gasteiger partial charge in [0.2, 0.25) is 5.91 Å². The monoisotopic (exact) mass is 463 g/mol. The summed E-state index contributed by atoms with van der Waals surface area (Å²) in [7, 11) is 4.07. The van der Waals surface area contributed by atoms with E-state index in [9.17, 15) is 4.79 Å². The molecule has 30 heavy (non-hydrogen) atoms. The van der Waals surface area contributed by atoms with Gasteiger partial charge in [-0.05, 0) is 69.4 Å². The largest absolute Gasteiger partial charge is 0.308 e. The average molecular weight is 464 g/mol. The van der Waals surface area contributed by atoms with Gasteiger partial charge in [-0.1, -0.05) is 35.6 Å². The second-order valence-corrected chi connectivity index (χ2v) is 9.72. The van der Waals surface area contributed by atoms with Gasteiger partial charge < -0.3 is 4.90 Å². The van der Waals surface area contributed by atoms with Crippen molar-refractivity contribution in [2.45, 2.75) is 31.6 Å². The molecule has 7 heteroatoms. The lowest BCUT2D eigenvalue weighted by molar-refractivity contribution is -0.118. The van der Waals surface area contributed by atoms with Gasteiger partial charge in [0.15, 0.2) is 5.13 Å². The van der Waals surface area contributed by atoms with Crippen LogP contribution in [0.2, 0.25) is 0 Å². The fourth-order valence-electron chi connectivity index (χ4n) is 3.17. The van der Waals surface area contributed by atoms with E-state index < -0.39 is 0 Å². The van der Waals surface area contributed by atoms with Crippen molar-refractivity contribution in [1.29, 1.82) is 0 Å². The molecule has 0 fully saturated rings. The smallest absolute Gasteiger partial charge is 0.228 e. The summed E-state index contributed by atoms with van der Waals surface area (Å²) in [6.45, 7) is 5.67. The van der Waals surface area contributed by atoms with Crippen molar-refractivity contribution in [3.63, 3.8) is 0 Å². The van der Waals surface area contributed by atoms with Gasteiger partial charge in [0.1, 0.15) is 0 Å². The fraction of sp³-hybridized carbons (Fsp3) is 0.391. The number of aryl methyl sites for hydroxylation is 2. The minimum absolute atomic E-state index is 0. The first-order chi connectivity index (χ1) is 13.9. The van der Waals surface area contributed by atoms with E-state index in [4.69, 9.17) is 4.98 Å². The van der Waals surface area contributed by atoms with Gasteiger partial charge in [0, 0.05) is 24.4 Å².